The Morgan fingerprint density at radius 2 is 1.47 bits per heavy atom. The van der Waals surface area contributed by atoms with Gasteiger partial charge in [-0.25, -0.2) is 0 Å². The van der Waals surface area contributed by atoms with E-state index in [1.165, 1.54) is 12.1 Å². The average Bonchev–Trinajstić information content (AvgIpc) is 2.73. The number of thiocarbonyl (C=S) groups is 1. The first-order chi connectivity index (χ1) is 14.7. The molecule has 1 aromatic rings. The van der Waals surface area contributed by atoms with Crippen LogP contribution in [0.15, 0.2) is 30.3 Å². The van der Waals surface area contributed by atoms with Gasteiger partial charge in [0, 0.05) is 5.56 Å². The summed E-state index contributed by atoms with van der Waals surface area (Å²) in [6.07, 6.45) is -6.53. The van der Waals surface area contributed by atoms with Gasteiger partial charge >= 0.3 is 0 Å². The fraction of sp³-hybridized carbons (Fsp3) is 0.476. The van der Waals surface area contributed by atoms with Crippen molar-refractivity contribution >= 4 is 40.4 Å². The van der Waals surface area contributed by atoms with Gasteiger partial charge in [0.2, 0.25) is 17.5 Å². The molecule has 0 bridgehead atoms. The summed E-state index contributed by atoms with van der Waals surface area (Å²) in [7, 11) is 0. The molecule has 1 unspecified atom stereocenters. The number of Topliss-reactive ketones (excluding diaryl/α,β-unsaturated/α-hetero) is 4. The minimum absolute atomic E-state index is 0.286. The molecule has 1 aromatic carbocycles. The largest absolute Gasteiger partial charge is 0.450 e. The molecule has 0 radical (unpaired) electrons. The fourth-order valence-corrected chi connectivity index (χ4v) is 3.94. The lowest BCUT2D eigenvalue weighted by Gasteiger charge is -2.56. The van der Waals surface area contributed by atoms with Crippen LogP contribution in [0.2, 0.25) is 0 Å². The highest BCUT2D eigenvalue weighted by Gasteiger charge is 2.80. The van der Waals surface area contributed by atoms with Gasteiger partial charge in [0.15, 0.2) is 39.9 Å². The Morgan fingerprint density at radius 1 is 0.969 bits per heavy atom. The van der Waals surface area contributed by atoms with Crippen molar-refractivity contribution in [3.05, 3.63) is 35.9 Å². The summed E-state index contributed by atoms with van der Waals surface area (Å²) in [6, 6.07) is 7.90. The lowest BCUT2D eigenvalue weighted by Crippen LogP contribution is -2.87. The molecule has 6 atom stereocenters. The highest BCUT2D eigenvalue weighted by Crippen LogP contribution is 2.47. The van der Waals surface area contributed by atoms with Crippen LogP contribution in [0.3, 0.4) is 0 Å². The molecule has 1 heterocycles. The first-order valence-electron chi connectivity index (χ1n) is 9.50. The van der Waals surface area contributed by atoms with Crippen LogP contribution >= 0.6 is 12.2 Å². The number of hydrogen-bond acceptors (Lipinski definition) is 11. The van der Waals surface area contributed by atoms with E-state index >= 15 is 0 Å². The molecule has 0 saturated carbocycles. The zero-order valence-corrected chi connectivity index (χ0v) is 18.6. The van der Waals surface area contributed by atoms with Gasteiger partial charge in [0.1, 0.15) is 6.10 Å². The molecule has 0 aliphatic carbocycles. The normalized spacial score (nSPS) is 33.1. The number of rotatable bonds is 7. The third-order valence-electron chi connectivity index (χ3n) is 5.56. The van der Waals surface area contributed by atoms with Crippen molar-refractivity contribution in [2.24, 2.45) is 0 Å². The molecule has 1 aliphatic heterocycles. The monoisotopic (exact) mass is 468 g/mol. The van der Waals surface area contributed by atoms with Gasteiger partial charge in [-0.15, -0.1) is 0 Å². The van der Waals surface area contributed by atoms with Crippen molar-refractivity contribution in [1.29, 1.82) is 0 Å². The Labute approximate surface area is 188 Å². The Kier molecular flexibility index (Phi) is 7.15. The van der Waals surface area contributed by atoms with Crippen LogP contribution < -0.4 is 0 Å². The van der Waals surface area contributed by atoms with Crippen molar-refractivity contribution in [2.45, 2.75) is 63.0 Å². The number of ketones is 4. The number of benzene rings is 1. The molecule has 11 heteroatoms. The third kappa shape index (κ3) is 3.60. The number of carbonyl (C=O) groups is 4. The van der Waals surface area contributed by atoms with Crippen molar-refractivity contribution in [3.63, 3.8) is 0 Å². The van der Waals surface area contributed by atoms with Gasteiger partial charge in [-0.2, -0.15) is 0 Å². The van der Waals surface area contributed by atoms with Crippen molar-refractivity contribution in [2.75, 3.05) is 0 Å². The summed E-state index contributed by atoms with van der Waals surface area (Å²) < 4.78 is 10.7. The molecule has 1 aliphatic rings. The molecular formula is C21H24O10S. The Hall–Kier alpha value is -2.41. The van der Waals surface area contributed by atoms with Gasteiger partial charge in [0.05, 0.1) is 0 Å². The summed E-state index contributed by atoms with van der Waals surface area (Å²) in [5.41, 5.74) is -10.1. The molecule has 10 nitrogen and oxygen atoms in total. The maximum Gasteiger partial charge on any atom is 0.241 e. The van der Waals surface area contributed by atoms with Crippen LogP contribution in [0.1, 0.15) is 33.3 Å². The molecular weight excluding hydrogens is 444 g/mol. The van der Waals surface area contributed by atoms with Gasteiger partial charge in [0.25, 0.3) is 0 Å². The summed E-state index contributed by atoms with van der Waals surface area (Å²) in [4.78, 5) is 50.3. The SMILES string of the molecule is CC(=O)[C@@]1(O)[C@](O)(C(C)=O)[C@H](OC(=S)c2ccccc2)O[C@H](C(=O)C(C)O)[C@@]1(O)C(C)=O. The molecule has 0 spiro atoms. The van der Waals surface area contributed by atoms with Crippen molar-refractivity contribution in [1.82, 2.24) is 0 Å². The highest BCUT2D eigenvalue weighted by atomic mass is 32.1. The molecule has 32 heavy (non-hydrogen) atoms. The Balaban J connectivity index is 2.78. The molecule has 2 rings (SSSR count). The summed E-state index contributed by atoms with van der Waals surface area (Å²) in [5, 5.41) is 43.3. The topological polar surface area (TPSA) is 168 Å². The van der Waals surface area contributed by atoms with E-state index in [1.807, 2.05) is 0 Å². The number of hydrogen-bond donors (Lipinski definition) is 4. The Bertz CT molecular complexity index is 961. The lowest BCUT2D eigenvalue weighted by atomic mass is 9.60. The van der Waals surface area contributed by atoms with E-state index in [4.69, 9.17) is 21.7 Å². The molecule has 1 saturated heterocycles. The number of carbonyl (C=O) groups excluding carboxylic acids is 4. The quantitative estimate of drug-likeness (QED) is 0.363. The van der Waals surface area contributed by atoms with Gasteiger partial charge < -0.3 is 29.9 Å². The molecule has 0 amide bonds. The molecule has 0 aromatic heterocycles. The zero-order chi connectivity index (χ0) is 24.6. The number of aliphatic hydroxyl groups is 4. The van der Waals surface area contributed by atoms with E-state index in [2.05, 4.69) is 0 Å². The van der Waals surface area contributed by atoms with E-state index in [-0.39, 0.29) is 10.6 Å². The standard InChI is InChI=1S/C21H24O10S/c1-10(22)15(26)16-19(27,11(2)23)21(29,13(4)25)20(28,12(3)24)18(30-16)31-17(32)14-8-6-5-7-9-14/h5-10,16,18,22,27-29H,1-4H3/t10?,16-,18+,19+,20+,21+/m1/s1. The van der Waals surface area contributed by atoms with E-state index in [9.17, 15) is 39.6 Å². The predicted molar refractivity (Wildman–Crippen MR) is 111 cm³/mol. The Morgan fingerprint density at radius 3 is 1.88 bits per heavy atom. The second-order valence-corrected chi connectivity index (χ2v) is 7.98. The van der Waals surface area contributed by atoms with Gasteiger partial charge in [-0.05, 0) is 39.9 Å². The molecule has 4 N–H and O–H groups in total. The second-order valence-electron chi connectivity index (χ2n) is 7.61. The maximum absolute atomic E-state index is 12.6. The summed E-state index contributed by atoms with van der Waals surface area (Å²) in [6.45, 7) is 3.17. The molecule has 174 valence electrons. The molecule has 1 fully saturated rings. The number of aliphatic hydroxyl groups excluding tert-OH is 1. The van der Waals surface area contributed by atoms with E-state index in [1.54, 1.807) is 18.2 Å². The first-order valence-corrected chi connectivity index (χ1v) is 9.91. The number of ether oxygens (including phenoxy) is 2. The lowest BCUT2D eigenvalue weighted by molar-refractivity contribution is -0.346. The van der Waals surface area contributed by atoms with Gasteiger partial charge in [-0.1, -0.05) is 30.3 Å². The van der Waals surface area contributed by atoms with Crippen molar-refractivity contribution in [3.8, 4) is 0 Å². The minimum Gasteiger partial charge on any atom is -0.450 e. The fourth-order valence-electron chi connectivity index (χ4n) is 3.71. The van der Waals surface area contributed by atoms with Crippen LogP contribution in [-0.2, 0) is 28.7 Å². The van der Waals surface area contributed by atoms with E-state index < -0.39 is 58.4 Å². The van der Waals surface area contributed by atoms with Crippen molar-refractivity contribution < 1.29 is 49.1 Å². The van der Waals surface area contributed by atoms with E-state index in [0.717, 1.165) is 20.8 Å². The smallest absolute Gasteiger partial charge is 0.241 e. The zero-order valence-electron chi connectivity index (χ0n) is 17.8. The van der Waals surface area contributed by atoms with E-state index in [0.29, 0.717) is 6.92 Å². The highest BCUT2D eigenvalue weighted by molar-refractivity contribution is 7.80. The average molecular weight is 468 g/mol. The van der Waals surface area contributed by atoms with Crippen LogP contribution in [0, 0.1) is 0 Å². The first kappa shape index (κ1) is 25.8. The van der Waals surface area contributed by atoms with Crippen LogP contribution in [0.4, 0.5) is 0 Å². The van der Waals surface area contributed by atoms with Crippen LogP contribution in [0.5, 0.6) is 0 Å². The second kappa shape index (κ2) is 8.85. The van der Waals surface area contributed by atoms with Crippen LogP contribution in [0.25, 0.3) is 0 Å². The minimum atomic E-state index is -3.60. The summed E-state index contributed by atoms with van der Waals surface area (Å²) in [5.74, 6) is -5.44. The van der Waals surface area contributed by atoms with Crippen LogP contribution in [-0.4, -0.2) is 83.9 Å². The third-order valence-corrected chi connectivity index (χ3v) is 5.89. The summed E-state index contributed by atoms with van der Waals surface area (Å²) >= 11 is 5.14. The van der Waals surface area contributed by atoms with Gasteiger partial charge in [-0.3, -0.25) is 19.2 Å². The predicted octanol–water partition coefficient (Wildman–Crippen LogP) is -0.986. The maximum atomic E-state index is 12.6.